The third kappa shape index (κ3) is 3.50. The Balaban J connectivity index is 1.37. The molecule has 0 amide bonds. The molecule has 4 rings (SSSR count). The first-order valence-electron chi connectivity index (χ1n) is 11.6. The zero-order valence-corrected chi connectivity index (χ0v) is 18.0. The van der Waals surface area contributed by atoms with Gasteiger partial charge in [0, 0.05) is 0 Å². The minimum atomic E-state index is -0.345. The first-order chi connectivity index (χ1) is 13.4. The molecule has 7 atom stereocenters. The Morgan fingerprint density at radius 2 is 1.68 bits per heavy atom. The van der Waals surface area contributed by atoms with E-state index in [1.54, 1.807) is 0 Å². The average Bonchev–Trinajstić information content (AvgIpc) is 3.08. The van der Waals surface area contributed by atoms with Crippen LogP contribution in [0.3, 0.4) is 0 Å². The van der Waals surface area contributed by atoms with Crippen LogP contribution in [0.4, 0.5) is 0 Å². The lowest BCUT2D eigenvalue weighted by Crippen LogP contribution is -2.53. The Kier molecular flexibility index (Phi) is 5.52. The van der Waals surface area contributed by atoms with Crippen LogP contribution in [-0.4, -0.2) is 25.2 Å². The van der Waals surface area contributed by atoms with E-state index in [0.717, 1.165) is 30.6 Å². The smallest absolute Gasteiger partial charge is 0.306 e. The Labute approximate surface area is 170 Å². The number of fused-ring (bicyclic) bond motifs is 5. The molecule has 28 heavy (non-hydrogen) atoms. The lowest BCUT2D eigenvalue weighted by molar-refractivity contribution is -0.163. The van der Waals surface area contributed by atoms with Crippen LogP contribution in [0.2, 0.25) is 0 Å². The molecular weight excluding hydrogens is 352 g/mol. The van der Waals surface area contributed by atoms with Crippen LogP contribution >= 0.6 is 0 Å². The van der Waals surface area contributed by atoms with Gasteiger partial charge in [-0.1, -0.05) is 20.3 Å². The van der Waals surface area contributed by atoms with E-state index in [9.17, 15) is 9.59 Å². The van der Waals surface area contributed by atoms with E-state index in [1.807, 2.05) is 0 Å². The van der Waals surface area contributed by atoms with Crippen molar-refractivity contribution in [1.82, 2.24) is 0 Å². The standard InChI is InChI=1S/C24H38O4/c1-23-12-4-5-19(23)18-7-6-16-15-17(28-22(26)9-8-21(25)27-3)10-14-24(16,2)20(18)11-13-23/h16-20H,4-15H2,1-3H3/t16-,17?,18?,19?,20?,23?,24?/m0/s1. The predicted molar refractivity (Wildman–Crippen MR) is 107 cm³/mol. The molecule has 4 aliphatic rings. The lowest BCUT2D eigenvalue weighted by Gasteiger charge is -2.60. The quantitative estimate of drug-likeness (QED) is 0.613. The molecule has 0 saturated heterocycles. The fourth-order valence-electron chi connectivity index (χ4n) is 7.87. The maximum absolute atomic E-state index is 12.1. The van der Waals surface area contributed by atoms with Crippen LogP contribution in [0, 0.1) is 34.5 Å². The number of esters is 2. The molecule has 4 heteroatoms. The number of carbonyl (C=O) groups excluding carboxylic acids is 2. The van der Waals surface area contributed by atoms with Gasteiger partial charge in [-0.15, -0.1) is 0 Å². The summed E-state index contributed by atoms with van der Waals surface area (Å²) in [4.78, 5) is 23.4. The lowest BCUT2D eigenvalue weighted by atomic mass is 9.45. The molecule has 4 saturated carbocycles. The van der Waals surface area contributed by atoms with Crippen molar-refractivity contribution in [3.63, 3.8) is 0 Å². The van der Waals surface area contributed by atoms with Crippen LogP contribution in [0.25, 0.3) is 0 Å². The van der Waals surface area contributed by atoms with Crippen molar-refractivity contribution in [2.24, 2.45) is 34.5 Å². The van der Waals surface area contributed by atoms with E-state index in [0.29, 0.717) is 16.7 Å². The minimum absolute atomic E-state index is 0.0418. The molecule has 0 spiro atoms. The van der Waals surface area contributed by atoms with Gasteiger partial charge in [0.1, 0.15) is 6.10 Å². The van der Waals surface area contributed by atoms with Crippen LogP contribution in [0.15, 0.2) is 0 Å². The summed E-state index contributed by atoms with van der Waals surface area (Å²) in [5.41, 5.74) is 1.05. The second kappa shape index (κ2) is 7.65. The van der Waals surface area contributed by atoms with Gasteiger partial charge >= 0.3 is 11.9 Å². The molecule has 6 unspecified atom stereocenters. The molecule has 0 aromatic heterocycles. The topological polar surface area (TPSA) is 52.6 Å². The zero-order valence-electron chi connectivity index (χ0n) is 18.0. The van der Waals surface area contributed by atoms with Crippen molar-refractivity contribution < 1.29 is 19.1 Å². The van der Waals surface area contributed by atoms with Gasteiger partial charge in [0.05, 0.1) is 20.0 Å². The van der Waals surface area contributed by atoms with Crippen LogP contribution in [-0.2, 0) is 19.1 Å². The van der Waals surface area contributed by atoms with Crippen LogP contribution in [0.5, 0.6) is 0 Å². The molecule has 158 valence electrons. The van der Waals surface area contributed by atoms with E-state index >= 15 is 0 Å². The SMILES string of the molecule is COC(=O)CCC(=O)OC1CCC2(C)C3CCC4(C)CCCC4C3CC[C@H]2C1. The van der Waals surface area contributed by atoms with E-state index in [-0.39, 0.29) is 30.9 Å². The summed E-state index contributed by atoms with van der Waals surface area (Å²) in [6, 6.07) is 0. The van der Waals surface area contributed by atoms with Gasteiger partial charge in [-0.3, -0.25) is 9.59 Å². The molecule has 0 aliphatic heterocycles. The van der Waals surface area contributed by atoms with E-state index in [4.69, 9.17) is 4.74 Å². The molecule has 0 heterocycles. The summed E-state index contributed by atoms with van der Waals surface area (Å²) in [5, 5.41) is 0. The van der Waals surface area contributed by atoms with Gasteiger partial charge in [0.25, 0.3) is 0 Å². The average molecular weight is 391 g/mol. The molecule has 4 fully saturated rings. The predicted octanol–water partition coefficient (Wildman–Crippen LogP) is 5.28. The van der Waals surface area contributed by atoms with Crippen LogP contribution in [0.1, 0.15) is 90.9 Å². The third-order valence-electron chi connectivity index (χ3n) is 9.46. The number of hydrogen-bond donors (Lipinski definition) is 0. The summed E-state index contributed by atoms with van der Waals surface area (Å²) >= 11 is 0. The minimum Gasteiger partial charge on any atom is -0.469 e. The molecule has 0 aromatic rings. The van der Waals surface area contributed by atoms with Gasteiger partial charge < -0.3 is 9.47 Å². The number of methoxy groups -OCH3 is 1. The summed E-state index contributed by atoms with van der Waals surface area (Å²) < 4.78 is 10.4. The monoisotopic (exact) mass is 390 g/mol. The van der Waals surface area contributed by atoms with Crippen molar-refractivity contribution in [3.8, 4) is 0 Å². The molecule has 0 bridgehead atoms. The van der Waals surface area contributed by atoms with Gasteiger partial charge in [0.2, 0.25) is 0 Å². The normalized spacial score (nSPS) is 44.8. The molecule has 0 aromatic carbocycles. The van der Waals surface area contributed by atoms with Gasteiger partial charge in [-0.25, -0.2) is 0 Å². The number of carbonyl (C=O) groups is 2. The van der Waals surface area contributed by atoms with Crippen LogP contribution < -0.4 is 0 Å². The summed E-state index contributed by atoms with van der Waals surface area (Å²) in [6.07, 6.45) is 13.4. The van der Waals surface area contributed by atoms with Crippen molar-refractivity contribution in [2.45, 2.75) is 97.0 Å². The Hall–Kier alpha value is -1.06. The zero-order chi connectivity index (χ0) is 19.9. The van der Waals surface area contributed by atoms with Gasteiger partial charge in [0.15, 0.2) is 0 Å². The fraction of sp³-hybridized carbons (Fsp3) is 0.917. The number of ether oxygens (including phenoxy) is 2. The van der Waals surface area contributed by atoms with E-state index in [2.05, 4.69) is 18.6 Å². The summed E-state index contributed by atoms with van der Waals surface area (Å²) in [5.74, 6) is 2.86. The maximum Gasteiger partial charge on any atom is 0.306 e. The highest BCUT2D eigenvalue weighted by Crippen LogP contribution is 2.66. The van der Waals surface area contributed by atoms with Crippen molar-refractivity contribution >= 4 is 11.9 Å². The third-order valence-corrected chi connectivity index (χ3v) is 9.46. The highest BCUT2D eigenvalue weighted by Gasteiger charge is 2.58. The molecule has 4 nitrogen and oxygen atoms in total. The Morgan fingerprint density at radius 1 is 0.893 bits per heavy atom. The number of rotatable bonds is 4. The summed E-state index contributed by atoms with van der Waals surface area (Å²) in [6.45, 7) is 5.13. The van der Waals surface area contributed by atoms with Gasteiger partial charge in [-0.2, -0.15) is 0 Å². The summed E-state index contributed by atoms with van der Waals surface area (Å²) in [7, 11) is 1.35. The molecule has 0 radical (unpaired) electrons. The van der Waals surface area contributed by atoms with E-state index < -0.39 is 0 Å². The highest BCUT2D eigenvalue weighted by molar-refractivity contribution is 5.77. The molecule has 0 N–H and O–H groups in total. The van der Waals surface area contributed by atoms with Gasteiger partial charge in [-0.05, 0) is 92.3 Å². The first kappa shape index (κ1) is 20.2. The van der Waals surface area contributed by atoms with Crippen molar-refractivity contribution in [1.29, 1.82) is 0 Å². The molecule has 4 aliphatic carbocycles. The van der Waals surface area contributed by atoms with Crippen molar-refractivity contribution in [2.75, 3.05) is 7.11 Å². The molecular formula is C24H38O4. The van der Waals surface area contributed by atoms with Crippen molar-refractivity contribution in [3.05, 3.63) is 0 Å². The fourth-order valence-corrected chi connectivity index (χ4v) is 7.87. The number of hydrogen-bond acceptors (Lipinski definition) is 4. The Bertz CT molecular complexity index is 616. The second-order valence-electron chi connectivity index (χ2n) is 10.7. The largest absolute Gasteiger partial charge is 0.469 e. The second-order valence-corrected chi connectivity index (χ2v) is 10.7. The maximum atomic E-state index is 12.1. The Morgan fingerprint density at radius 3 is 2.46 bits per heavy atom. The highest BCUT2D eigenvalue weighted by atomic mass is 16.5. The first-order valence-corrected chi connectivity index (χ1v) is 11.6. The van der Waals surface area contributed by atoms with E-state index in [1.165, 1.54) is 58.5 Å².